The Hall–Kier alpha value is -2.06. The van der Waals surface area contributed by atoms with Crippen LogP contribution in [0.15, 0.2) is 29.1 Å². The Labute approximate surface area is 152 Å². The predicted molar refractivity (Wildman–Crippen MR) is 99.8 cm³/mol. The molecule has 2 N–H and O–H groups in total. The van der Waals surface area contributed by atoms with Crippen LogP contribution < -0.4 is 20.3 Å². The highest BCUT2D eigenvalue weighted by Crippen LogP contribution is 2.33. The molecule has 0 bridgehead atoms. The molecule has 0 saturated carbocycles. The number of benzene rings is 1. The molecule has 1 atom stereocenters. The summed E-state index contributed by atoms with van der Waals surface area (Å²) < 4.78 is 35.3. The lowest BCUT2D eigenvalue weighted by Crippen LogP contribution is -2.22. The van der Waals surface area contributed by atoms with Crippen molar-refractivity contribution in [3.63, 3.8) is 0 Å². The summed E-state index contributed by atoms with van der Waals surface area (Å²) in [6, 6.07) is 6.04. The first-order chi connectivity index (χ1) is 11.9. The molecule has 0 aliphatic carbocycles. The van der Waals surface area contributed by atoms with Crippen LogP contribution in [0.2, 0.25) is 0 Å². The maximum atomic E-state index is 14.3. The van der Waals surface area contributed by atoms with Gasteiger partial charge in [0.15, 0.2) is 5.75 Å². The maximum absolute atomic E-state index is 14.3. The molecule has 1 aromatic carbocycles. The Morgan fingerprint density at radius 2 is 2.08 bits per heavy atom. The number of pyridine rings is 1. The third-order valence-electron chi connectivity index (χ3n) is 3.63. The summed E-state index contributed by atoms with van der Waals surface area (Å²) in [4.78, 5) is 12.1. The molecule has 6 nitrogen and oxygen atoms in total. The Bertz CT molecular complexity index is 857. The van der Waals surface area contributed by atoms with E-state index < -0.39 is 16.8 Å². The fraction of sp³-hybridized carbons (Fsp3) is 0.312. The van der Waals surface area contributed by atoms with Gasteiger partial charge in [0.1, 0.15) is 33.5 Å². The smallest absolute Gasteiger partial charge is 0.255 e. The first kappa shape index (κ1) is 19.3. The van der Waals surface area contributed by atoms with Gasteiger partial charge in [-0.05, 0) is 24.1 Å². The van der Waals surface area contributed by atoms with Gasteiger partial charge in [-0.25, -0.2) is 8.60 Å². The average Bonchev–Trinajstić information content (AvgIpc) is 2.61. The van der Waals surface area contributed by atoms with Gasteiger partial charge in [0.05, 0.1) is 12.8 Å². The number of aryl methyl sites for hydroxylation is 1. The van der Waals surface area contributed by atoms with Crippen LogP contribution in [0.4, 0.5) is 21.6 Å². The lowest BCUT2D eigenvalue weighted by atomic mass is 10.1. The van der Waals surface area contributed by atoms with Gasteiger partial charge >= 0.3 is 0 Å². The topological polar surface area (TPSA) is 72.4 Å². The quantitative estimate of drug-likeness (QED) is 0.716. The fourth-order valence-electron chi connectivity index (χ4n) is 2.23. The van der Waals surface area contributed by atoms with E-state index in [9.17, 15) is 13.4 Å². The van der Waals surface area contributed by atoms with Crippen LogP contribution in [0.5, 0.6) is 5.75 Å². The van der Waals surface area contributed by atoms with Crippen molar-refractivity contribution in [3.05, 3.63) is 46.0 Å². The van der Waals surface area contributed by atoms with E-state index in [-0.39, 0.29) is 33.7 Å². The Morgan fingerprint density at radius 3 is 2.64 bits per heavy atom. The van der Waals surface area contributed by atoms with E-state index in [0.29, 0.717) is 6.42 Å². The molecule has 0 spiro atoms. The van der Waals surface area contributed by atoms with E-state index in [0.717, 1.165) is 5.56 Å². The third-order valence-corrected chi connectivity index (χ3v) is 4.86. The van der Waals surface area contributed by atoms with Crippen LogP contribution in [0.1, 0.15) is 12.5 Å². The van der Waals surface area contributed by atoms with E-state index >= 15 is 0 Å². The van der Waals surface area contributed by atoms with Crippen LogP contribution in [-0.4, -0.2) is 21.1 Å². The van der Waals surface area contributed by atoms with Crippen molar-refractivity contribution in [3.8, 4) is 5.75 Å². The van der Waals surface area contributed by atoms with Crippen molar-refractivity contribution >= 4 is 39.8 Å². The van der Waals surface area contributed by atoms with E-state index in [4.69, 9.17) is 16.3 Å². The maximum Gasteiger partial charge on any atom is 0.255 e. The Morgan fingerprint density at radius 1 is 1.36 bits per heavy atom. The van der Waals surface area contributed by atoms with Crippen LogP contribution >= 0.6 is 11.6 Å². The van der Waals surface area contributed by atoms with Gasteiger partial charge < -0.3 is 10.1 Å². The van der Waals surface area contributed by atoms with E-state index in [1.165, 1.54) is 30.9 Å². The number of hydrogen-bond donors (Lipinski definition) is 2. The third kappa shape index (κ3) is 4.32. The second kappa shape index (κ2) is 8.35. The van der Waals surface area contributed by atoms with Crippen LogP contribution in [0.3, 0.4) is 0 Å². The molecule has 0 aliphatic heterocycles. The highest BCUT2D eigenvalue weighted by Gasteiger charge is 2.18. The molecule has 1 aromatic heterocycles. The van der Waals surface area contributed by atoms with Gasteiger partial charge in [-0.15, -0.1) is 11.6 Å². The van der Waals surface area contributed by atoms with Gasteiger partial charge in [0.25, 0.3) is 5.56 Å². The number of methoxy groups -OCH3 is 1. The van der Waals surface area contributed by atoms with Crippen molar-refractivity contribution in [1.82, 2.24) is 4.57 Å². The average molecular weight is 388 g/mol. The van der Waals surface area contributed by atoms with Gasteiger partial charge in [0.2, 0.25) is 0 Å². The molecule has 1 heterocycles. The molecule has 0 amide bonds. The minimum Gasteiger partial charge on any atom is -0.494 e. The van der Waals surface area contributed by atoms with Crippen molar-refractivity contribution in [2.24, 2.45) is 7.05 Å². The van der Waals surface area contributed by atoms with Crippen molar-refractivity contribution in [2.75, 3.05) is 22.4 Å². The van der Waals surface area contributed by atoms with Crippen LogP contribution in [0, 0.1) is 5.82 Å². The molecular formula is C16H19ClFN3O3S. The Balaban J connectivity index is 2.56. The number of halogens is 2. The molecule has 0 saturated heterocycles. The highest BCUT2D eigenvalue weighted by atomic mass is 35.5. The zero-order chi connectivity index (χ0) is 18.6. The van der Waals surface area contributed by atoms with E-state index in [2.05, 4.69) is 10.0 Å². The number of nitrogens with one attached hydrogen (secondary N) is 2. The van der Waals surface area contributed by atoms with Crippen LogP contribution in [0.25, 0.3) is 0 Å². The van der Waals surface area contributed by atoms with Crippen LogP contribution in [-0.2, 0) is 24.5 Å². The lowest BCUT2D eigenvalue weighted by Gasteiger charge is -2.19. The monoisotopic (exact) mass is 387 g/mol. The van der Waals surface area contributed by atoms with E-state index in [1.807, 2.05) is 6.92 Å². The zero-order valence-electron chi connectivity index (χ0n) is 14.1. The first-order valence-corrected chi connectivity index (χ1v) is 9.31. The molecule has 2 aromatic rings. The molecule has 0 aliphatic rings. The first-order valence-electron chi connectivity index (χ1n) is 7.45. The predicted octanol–water partition coefficient (Wildman–Crippen LogP) is 3.11. The SMILES string of the molecule is CCc1ccc(Nc2c(NS(=O)CCl)c(OC)cc(=O)n2C)c(F)c1. The standard InChI is InChI=1S/C16H19ClFN3O3S/c1-4-10-5-6-12(11(18)7-10)19-16-15(20-25(23)9-17)13(24-3)8-14(22)21(16)2/h5-8,19-20H,4,9H2,1-3H3. The number of hydrogen-bond acceptors (Lipinski definition) is 4. The minimum absolute atomic E-state index is 0.162. The molecular weight excluding hydrogens is 369 g/mol. The summed E-state index contributed by atoms with van der Waals surface area (Å²) in [6.45, 7) is 1.93. The molecule has 25 heavy (non-hydrogen) atoms. The number of aromatic nitrogens is 1. The molecule has 2 rings (SSSR count). The van der Waals surface area contributed by atoms with Gasteiger partial charge in [-0.1, -0.05) is 13.0 Å². The number of ether oxygens (including phenoxy) is 1. The second-order valence-electron chi connectivity index (χ2n) is 5.18. The number of nitrogens with zero attached hydrogens (tertiary/aromatic N) is 1. The highest BCUT2D eigenvalue weighted by molar-refractivity contribution is 7.87. The van der Waals surface area contributed by atoms with Crippen molar-refractivity contribution < 1.29 is 13.3 Å². The zero-order valence-corrected chi connectivity index (χ0v) is 15.6. The molecule has 9 heteroatoms. The molecule has 1 unspecified atom stereocenters. The van der Waals surface area contributed by atoms with Gasteiger partial charge in [-0.3, -0.25) is 14.1 Å². The second-order valence-corrected chi connectivity index (χ2v) is 6.95. The van der Waals surface area contributed by atoms with Gasteiger partial charge in [0, 0.05) is 13.1 Å². The molecule has 0 fully saturated rings. The summed E-state index contributed by atoms with van der Waals surface area (Å²) in [5, 5.41) is 2.71. The fourth-order valence-corrected chi connectivity index (χ4v) is 2.87. The normalized spacial score (nSPS) is 11.9. The summed E-state index contributed by atoms with van der Waals surface area (Å²) in [5.41, 5.74) is 0.916. The largest absolute Gasteiger partial charge is 0.494 e. The van der Waals surface area contributed by atoms with Gasteiger partial charge in [-0.2, -0.15) is 0 Å². The molecule has 0 radical (unpaired) electrons. The lowest BCUT2D eigenvalue weighted by molar-refractivity contribution is 0.415. The Kier molecular flexibility index (Phi) is 6.44. The van der Waals surface area contributed by atoms with Crippen molar-refractivity contribution in [1.29, 1.82) is 0 Å². The van der Waals surface area contributed by atoms with Crippen molar-refractivity contribution in [2.45, 2.75) is 13.3 Å². The summed E-state index contributed by atoms with van der Waals surface area (Å²) in [7, 11) is 1.29. The molecule has 136 valence electrons. The summed E-state index contributed by atoms with van der Waals surface area (Å²) in [6.07, 6.45) is 0.705. The number of anilines is 3. The minimum atomic E-state index is -1.60. The number of alkyl halides is 1. The summed E-state index contributed by atoms with van der Waals surface area (Å²) in [5.74, 6) is -0.0698. The summed E-state index contributed by atoms with van der Waals surface area (Å²) >= 11 is 5.59. The van der Waals surface area contributed by atoms with E-state index in [1.54, 1.807) is 12.1 Å². The number of rotatable bonds is 7.